The summed E-state index contributed by atoms with van der Waals surface area (Å²) in [6.07, 6.45) is 1.44. The number of fused-ring (bicyclic) bond motifs is 1. The summed E-state index contributed by atoms with van der Waals surface area (Å²) in [5, 5.41) is 9.25. The van der Waals surface area contributed by atoms with E-state index in [2.05, 4.69) is 15.4 Å². The minimum Gasteiger partial charge on any atom is -0.324 e. The average Bonchev–Trinajstić information content (AvgIpc) is 2.69. The molecule has 4 aromatic rings. The molecule has 0 saturated carbocycles. The first-order valence-electron chi connectivity index (χ1n) is 8.56. The van der Waals surface area contributed by atoms with E-state index in [0.717, 1.165) is 0 Å². The van der Waals surface area contributed by atoms with Crippen LogP contribution in [-0.2, 0) is 0 Å². The van der Waals surface area contributed by atoms with Crippen LogP contribution in [0.5, 0.6) is 0 Å². The molecule has 0 amide bonds. The van der Waals surface area contributed by atoms with Gasteiger partial charge in [-0.15, -0.1) is 0 Å². The van der Waals surface area contributed by atoms with Crippen molar-refractivity contribution >= 4 is 63.6 Å². The van der Waals surface area contributed by atoms with Crippen LogP contribution in [0.25, 0.3) is 10.9 Å². The Morgan fingerprint density at radius 2 is 1.66 bits per heavy atom. The maximum atomic E-state index is 13.1. The van der Waals surface area contributed by atoms with Gasteiger partial charge in [0.25, 0.3) is 5.56 Å². The lowest BCUT2D eigenvalue weighted by Gasteiger charge is -2.11. The lowest BCUT2D eigenvalue weighted by atomic mass is 10.2. The van der Waals surface area contributed by atoms with Crippen molar-refractivity contribution in [3.63, 3.8) is 0 Å². The normalized spacial score (nSPS) is 11.3. The number of hydrogen-bond acceptors (Lipinski definition) is 4. The first-order valence-corrected chi connectivity index (χ1v) is 9.69. The Morgan fingerprint density at radius 3 is 2.41 bits per heavy atom. The third-order valence-electron chi connectivity index (χ3n) is 4.14. The summed E-state index contributed by atoms with van der Waals surface area (Å²) in [4.78, 5) is 17.6. The standard InChI is InChI=1S/C21H13Cl3N4O/c22-13-5-3-6-14(11-13)26-21-27-19-10-2-1-7-15(19)20(29)28(21)25-12-16-17(23)8-4-9-18(16)24/h1-12H,(H,26,27). The molecule has 1 N–H and O–H groups in total. The van der Waals surface area contributed by atoms with E-state index in [4.69, 9.17) is 34.8 Å². The fourth-order valence-corrected chi connectivity index (χ4v) is 3.44. The van der Waals surface area contributed by atoms with Gasteiger partial charge in [0.15, 0.2) is 0 Å². The minimum absolute atomic E-state index is 0.232. The minimum atomic E-state index is -0.334. The molecule has 0 aliphatic carbocycles. The second-order valence-electron chi connectivity index (χ2n) is 6.08. The van der Waals surface area contributed by atoms with E-state index in [1.165, 1.54) is 10.9 Å². The Morgan fingerprint density at radius 1 is 0.931 bits per heavy atom. The van der Waals surface area contributed by atoms with Crippen molar-refractivity contribution in [2.45, 2.75) is 0 Å². The number of nitrogens with zero attached hydrogens (tertiary/aromatic N) is 3. The molecule has 0 saturated heterocycles. The number of halogens is 3. The van der Waals surface area contributed by atoms with Crippen molar-refractivity contribution < 1.29 is 0 Å². The molecule has 5 nitrogen and oxygen atoms in total. The summed E-state index contributed by atoms with van der Waals surface area (Å²) >= 11 is 18.5. The van der Waals surface area contributed by atoms with Crippen LogP contribution in [-0.4, -0.2) is 15.9 Å². The summed E-state index contributed by atoms with van der Waals surface area (Å²) < 4.78 is 1.17. The summed E-state index contributed by atoms with van der Waals surface area (Å²) in [5.41, 5.74) is 1.38. The van der Waals surface area contributed by atoms with Gasteiger partial charge in [0.2, 0.25) is 5.95 Å². The number of para-hydroxylation sites is 1. The van der Waals surface area contributed by atoms with Crippen molar-refractivity contribution in [2.24, 2.45) is 5.10 Å². The molecule has 144 valence electrons. The monoisotopic (exact) mass is 442 g/mol. The number of rotatable bonds is 4. The Kier molecular flexibility index (Phi) is 5.53. The smallest absolute Gasteiger partial charge is 0.283 e. The van der Waals surface area contributed by atoms with Gasteiger partial charge in [0.1, 0.15) is 0 Å². The quantitative estimate of drug-likeness (QED) is 0.395. The van der Waals surface area contributed by atoms with E-state index in [0.29, 0.717) is 37.2 Å². The highest BCUT2D eigenvalue weighted by Crippen LogP contribution is 2.23. The highest BCUT2D eigenvalue weighted by Gasteiger charge is 2.11. The molecule has 4 rings (SSSR count). The Hall–Kier alpha value is -2.86. The lowest BCUT2D eigenvalue weighted by Crippen LogP contribution is -2.21. The van der Waals surface area contributed by atoms with Crippen molar-refractivity contribution in [2.75, 3.05) is 5.32 Å². The number of aromatic nitrogens is 2. The van der Waals surface area contributed by atoms with Gasteiger partial charge in [-0.1, -0.05) is 59.1 Å². The van der Waals surface area contributed by atoms with Gasteiger partial charge < -0.3 is 5.32 Å². The summed E-state index contributed by atoms with van der Waals surface area (Å²) in [6, 6.07) is 19.3. The van der Waals surface area contributed by atoms with Crippen LogP contribution < -0.4 is 10.9 Å². The largest absolute Gasteiger partial charge is 0.324 e. The van der Waals surface area contributed by atoms with Gasteiger partial charge in [-0.2, -0.15) is 9.78 Å². The lowest BCUT2D eigenvalue weighted by molar-refractivity contribution is 0.830. The number of benzene rings is 3. The first-order chi connectivity index (χ1) is 14.0. The van der Waals surface area contributed by atoms with Crippen LogP contribution in [0.1, 0.15) is 5.56 Å². The van der Waals surface area contributed by atoms with Gasteiger partial charge in [-0.3, -0.25) is 4.79 Å². The summed E-state index contributed by atoms with van der Waals surface area (Å²) in [5.74, 6) is 0.232. The van der Waals surface area contributed by atoms with Crippen LogP contribution >= 0.6 is 34.8 Å². The summed E-state index contributed by atoms with van der Waals surface area (Å²) in [7, 11) is 0. The highest BCUT2D eigenvalue weighted by molar-refractivity contribution is 6.38. The molecule has 8 heteroatoms. The SMILES string of the molecule is O=c1c2ccccc2nc(Nc2cccc(Cl)c2)n1N=Cc1c(Cl)cccc1Cl. The predicted molar refractivity (Wildman–Crippen MR) is 120 cm³/mol. The fraction of sp³-hybridized carbons (Fsp3) is 0. The van der Waals surface area contributed by atoms with Crippen LogP contribution in [0.15, 0.2) is 76.6 Å². The van der Waals surface area contributed by atoms with Gasteiger partial charge in [0.05, 0.1) is 27.2 Å². The van der Waals surface area contributed by atoms with Crippen molar-refractivity contribution in [3.05, 3.63) is 97.7 Å². The number of anilines is 2. The third kappa shape index (κ3) is 4.12. The highest BCUT2D eigenvalue weighted by atomic mass is 35.5. The Labute approximate surface area is 181 Å². The predicted octanol–water partition coefficient (Wildman–Crippen LogP) is 5.98. The van der Waals surface area contributed by atoms with Crippen LogP contribution in [0.3, 0.4) is 0 Å². The molecule has 0 spiro atoms. The van der Waals surface area contributed by atoms with Crippen LogP contribution in [0.4, 0.5) is 11.6 Å². The molecular formula is C21H13Cl3N4O. The van der Waals surface area contributed by atoms with Crippen molar-refractivity contribution in [1.29, 1.82) is 0 Å². The van der Waals surface area contributed by atoms with Gasteiger partial charge >= 0.3 is 0 Å². The van der Waals surface area contributed by atoms with E-state index in [9.17, 15) is 4.79 Å². The van der Waals surface area contributed by atoms with Crippen molar-refractivity contribution in [1.82, 2.24) is 9.66 Å². The van der Waals surface area contributed by atoms with E-state index < -0.39 is 0 Å². The Balaban J connectivity index is 1.87. The van der Waals surface area contributed by atoms with Crippen LogP contribution in [0, 0.1) is 0 Å². The van der Waals surface area contributed by atoms with E-state index in [-0.39, 0.29) is 11.5 Å². The molecule has 0 radical (unpaired) electrons. The fourth-order valence-electron chi connectivity index (χ4n) is 2.76. The van der Waals surface area contributed by atoms with E-state index in [1.54, 1.807) is 54.6 Å². The maximum Gasteiger partial charge on any atom is 0.283 e. The second-order valence-corrected chi connectivity index (χ2v) is 7.34. The van der Waals surface area contributed by atoms with Gasteiger partial charge in [-0.05, 0) is 42.5 Å². The zero-order chi connectivity index (χ0) is 20.4. The topological polar surface area (TPSA) is 59.3 Å². The third-order valence-corrected chi connectivity index (χ3v) is 5.03. The molecule has 3 aromatic carbocycles. The maximum absolute atomic E-state index is 13.1. The number of nitrogens with one attached hydrogen (secondary N) is 1. The van der Waals surface area contributed by atoms with E-state index >= 15 is 0 Å². The molecule has 0 aliphatic rings. The van der Waals surface area contributed by atoms with Gasteiger partial charge in [0, 0.05) is 16.3 Å². The van der Waals surface area contributed by atoms with E-state index in [1.807, 2.05) is 12.1 Å². The number of hydrogen-bond donors (Lipinski definition) is 1. The zero-order valence-corrected chi connectivity index (χ0v) is 17.1. The molecule has 0 aliphatic heterocycles. The summed E-state index contributed by atoms with van der Waals surface area (Å²) in [6.45, 7) is 0. The molecule has 0 fully saturated rings. The Bertz CT molecular complexity index is 1280. The average molecular weight is 444 g/mol. The molecule has 0 unspecified atom stereocenters. The second kappa shape index (κ2) is 8.25. The molecule has 1 heterocycles. The van der Waals surface area contributed by atoms with Gasteiger partial charge in [-0.25, -0.2) is 4.98 Å². The molecule has 0 bridgehead atoms. The first kappa shape index (κ1) is 19.5. The molecule has 1 aromatic heterocycles. The molecule has 0 atom stereocenters. The zero-order valence-electron chi connectivity index (χ0n) is 14.8. The van der Waals surface area contributed by atoms with Crippen LogP contribution in [0.2, 0.25) is 15.1 Å². The molecule has 29 heavy (non-hydrogen) atoms. The van der Waals surface area contributed by atoms with Crippen molar-refractivity contribution in [3.8, 4) is 0 Å². The molecular weight excluding hydrogens is 431 g/mol.